The second-order valence-electron chi connectivity index (χ2n) is 7.09. The molecule has 3 rings (SSSR count). The molecule has 0 atom stereocenters. The first-order chi connectivity index (χ1) is 13.5. The van der Waals surface area contributed by atoms with Crippen molar-refractivity contribution in [2.75, 3.05) is 27.2 Å². The Labute approximate surface area is 167 Å². The minimum atomic E-state index is 0.263. The van der Waals surface area contributed by atoms with Crippen LogP contribution >= 0.6 is 0 Å². The number of hydrogen-bond acceptors (Lipinski definition) is 3. The lowest BCUT2D eigenvalue weighted by atomic mass is 9.90. The maximum Gasteiger partial charge on any atom is 0.119 e. The number of allylic oxidation sites excluding steroid dienone is 1. The first kappa shape index (κ1) is 19.7. The third kappa shape index (κ3) is 5.02. The van der Waals surface area contributed by atoms with Gasteiger partial charge in [0.25, 0.3) is 0 Å². The van der Waals surface area contributed by atoms with Crippen molar-refractivity contribution in [3.8, 4) is 11.5 Å². The van der Waals surface area contributed by atoms with E-state index in [-0.39, 0.29) is 5.75 Å². The molecule has 0 fully saturated rings. The average Bonchev–Trinajstić information content (AvgIpc) is 2.70. The van der Waals surface area contributed by atoms with Gasteiger partial charge >= 0.3 is 0 Å². The number of likely N-dealkylation sites (N-methyl/N-ethyl adjacent to an activating group) is 1. The van der Waals surface area contributed by atoms with Gasteiger partial charge in [-0.25, -0.2) is 0 Å². The number of phenolic OH excluding ortho intramolecular Hbond substituents is 1. The van der Waals surface area contributed by atoms with Gasteiger partial charge in [0.15, 0.2) is 0 Å². The molecule has 0 aliphatic heterocycles. The van der Waals surface area contributed by atoms with E-state index >= 15 is 0 Å². The molecule has 0 heterocycles. The Morgan fingerprint density at radius 3 is 2.14 bits per heavy atom. The monoisotopic (exact) mass is 373 g/mol. The second kappa shape index (κ2) is 9.25. The number of aromatic hydroxyl groups is 1. The molecule has 0 saturated heterocycles. The average molecular weight is 373 g/mol. The normalized spacial score (nSPS) is 12.0. The van der Waals surface area contributed by atoms with E-state index in [1.54, 1.807) is 6.07 Å². The highest BCUT2D eigenvalue weighted by atomic mass is 16.5. The number of rotatable bonds is 7. The van der Waals surface area contributed by atoms with Crippen LogP contribution in [0, 0.1) is 0 Å². The molecule has 3 nitrogen and oxygen atoms in total. The molecule has 0 unspecified atom stereocenters. The molecule has 28 heavy (non-hydrogen) atoms. The predicted molar refractivity (Wildman–Crippen MR) is 117 cm³/mol. The molecular formula is C25H27NO2. The summed E-state index contributed by atoms with van der Waals surface area (Å²) in [5.74, 6) is 1.12. The summed E-state index contributed by atoms with van der Waals surface area (Å²) < 4.78 is 5.82. The van der Waals surface area contributed by atoms with Gasteiger partial charge in [-0.15, -0.1) is 0 Å². The van der Waals surface area contributed by atoms with Gasteiger partial charge in [-0.2, -0.15) is 0 Å². The van der Waals surface area contributed by atoms with Crippen LogP contribution in [-0.4, -0.2) is 37.3 Å². The van der Waals surface area contributed by atoms with Gasteiger partial charge < -0.3 is 14.7 Å². The summed E-state index contributed by atoms with van der Waals surface area (Å²) in [6.07, 6.45) is 0. The topological polar surface area (TPSA) is 32.7 Å². The molecule has 0 aromatic heterocycles. The lowest BCUT2D eigenvalue weighted by molar-refractivity contribution is 0.261. The van der Waals surface area contributed by atoms with Crippen molar-refractivity contribution in [2.45, 2.75) is 6.92 Å². The summed E-state index contributed by atoms with van der Waals surface area (Å²) in [6.45, 7) is 3.66. The quantitative estimate of drug-likeness (QED) is 0.570. The fourth-order valence-corrected chi connectivity index (χ4v) is 3.16. The molecule has 0 radical (unpaired) electrons. The highest BCUT2D eigenvalue weighted by molar-refractivity contribution is 5.98. The summed E-state index contributed by atoms with van der Waals surface area (Å²) in [6, 6.07) is 25.9. The minimum absolute atomic E-state index is 0.263. The van der Waals surface area contributed by atoms with Crippen molar-refractivity contribution in [2.24, 2.45) is 0 Å². The lowest BCUT2D eigenvalue weighted by Gasteiger charge is -2.16. The Balaban J connectivity index is 1.98. The van der Waals surface area contributed by atoms with Crippen molar-refractivity contribution in [1.82, 2.24) is 4.90 Å². The fraction of sp³-hybridized carbons (Fsp3) is 0.200. The second-order valence-corrected chi connectivity index (χ2v) is 7.09. The molecule has 3 aromatic rings. The zero-order chi connectivity index (χ0) is 19.9. The molecule has 0 spiro atoms. The van der Waals surface area contributed by atoms with Gasteiger partial charge in [-0.3, -0.25) is 0 Å². The molecule has 0 aliphatic rings. The van der Waals surface area contributed by atoms with Gasteiger partial charge in [-0.05, 0) is 73.1 Å². The maximum absolute atomic E-state index is 10.0. The predicted octanol–water partition coefficient (Wildman–Crippen LogP) is 5.31. The maximum atomic E-state index is 10.0. The van der Waals surface area contributed by atoms with Gasteiger partial charge in [0.1, 0.15) is 18.1 Å². The molecule has 3 aromatic carbocycles. The van der Waals surface area contributed by atoms with Crippen LogP contribution < -0.4 is 4.74 Å². The Bertz CT molecular complexity index is 928. The molecule has 0 bridgehead atoms. The van der Waals surface area contributed by atoms with Crippen LogP contribution in [0.25, 0.3) is 11.1 Å². The van der Waals surface area contributed by atoms with Crippen LogP contribution in [0.2, 0.25) is 0 Å². The minimum Gasteiger partial charge on any atom is -0.508 e. The lowest BCUT2D eigenvalue weighted by Crippen LogP contribution is -2.19. The number of ether oxygens (including phenoxy) is 1. The number of nitrogens with zero attached hydrogens (tertiary/aromatic N) is 1. The van der Waals surface area contributed by atoms with Crippen molar-refractivity contribution in [1.29, 1.82) is 0 Å². The molecule has 0 amide bonds. The van der Waals surface area contributed by atoms with Crippen molar-refractivity contribution in [3.63, 3.8) is 0 Å². The van der Waals surface area contributed by atoms with Crippen molar-refractivity contribution >= 4 is 11.1 Å². The third-order valence-corrected chi connectivity index (χ3v) is 4.67. The highest BCUT2D eigenvalue weighted by Gasteiger charge is 2.12. The van der Waals surface area contributed by atoms with Crippen LogP contribution in [0.15, 0.2) is 78.9 Å². The molecule has 1 N–H and O–H groups in total. The van der Waals surface area contributed by atoms with Crippen molar-refractivity contribution < 1.29 is 9.84 Å². The molecule has 144 valence electrons. The summed E-state index contributed by atoms with van der Waals surface area (Å²) in [5.41, 5.74) is 5.50. The Hall–Kier alpha value is -3.04. The van der Waals surface area contributed by atoms with E-state index in [0.29, 0.717) is 6.61 Å². The van der Waals surface area contributed by atoms with Gasteiger partial charge in [0.05, 0.1) is 0 Å². The highest BCUT2D eigenvalue weighted by Crippen LogP contribution is 2.34. The first-order valence-electron chi connectivity index (χ1n) is 9.48. The zero-order valence-corrected chi connectivity index (χ0v) is 16.7. The van der Waals surface area contributed by atoms with Crippen LogP contribution in [0.3, 0.4) is 0 Å². The molecular weight excluding hydrogens is 346 g/mol. The molecule has 0 aliphatic carbocycles. The van der Waals surface area contributed by atoms with Crippen LogP contribution in [0.5, 0.6) is 11.5 Å². The van der Waals surface area contributed by atoms with E-state index in [9.17, 15) is 5.11 Å². The number of hydrogen-bond donors (Lipinski definition) is 1. The largest absolute Gasteiger partial charge is 0.508 e. The van der Waals surface area contributed by atoms with Gasteiger partial charge in [0.2, 0.25) is 0 Å². The zero-order valence-electron chi connectivity index (χ0n) is 16.7. The summed E-state index contributed by atoms with van der Waals surface area (Å²) in [7, 11) is 4.07. The van der Waals surface area contributed by atoms with Crippen LogP contribution in [0.4, 0.5) is 0 Å². The van der Waals surface area contributed by atoms with E-state index < -0.39 is 0 Å². The van der Waals surface area contributed by atoms with Crippen LogP contribution in [-0.2, 0) is 0 Å². The Morgan fingerprint density at radius 1 is 0.821 bits per heavy atom. The Kier molecular flexibility index (Phi) is 6.51. The summed E-state index contributed by atoms with van der Waals surface area (Å²) in [4.78, 5) is 2.10. The number of phenols is 1. The van der Waals surface area contributed by atoms with E-state index in [1.165, 1.54) is 0 Å². The van der Waals surface area contributed by atoms with Gasteiger partial charge in [-0.1, -0.05) is 54.6 Å². The van der Waals surface area contributed by atoms with Crippen LogP contribution in [0.1, 0.15) is 23.6 Å². The third-order valence-electron chi connectivity index (χ3n) is 4.67. The SMILES string of the molecule is C/C(=C(/c1ccc(OCCN(C)C)cc1)c1cccc(O)c1)c1ccccc1. The van der Waals surface area contributed by atoms with E-state index in [1.807, 2.05) is 62.6 Å². The van der Waals surface area contributed by atoms with E-state index in [0.717, 1.165) is 40.1 Å². The number of benzene rings is 3. The smallest absolute Gasteiger partial charge is 0.119 e. The first-order valence-corrected chi connectivity index (χ1v) is 9.48. The Morgan fingerprint density at radius 2 is 1.50 bits per heavy atom. The molecule has 0 saturated carbocycles. The van der Waals surface area contributed by atoms with E-state index in [4.69, 9.17) is 4.74 Å². The van der Waals surface area contributed by atoms with Gasteiger partial charge in [0, 0.05) is 6.54 Å². The summed E-state index contributed by atoms with van der Waals surface area (Å²) >= 11 is 0. The molecule has 3 heteroatoms. The fourth-order valence-electron chi connectivity index (χ4n) is 3.16. The standard InChI is InChI=1S/C25H27NO2/c1-19(20-8-5-4-6-9-20)25(22-10-7-11-23(27)18-22)21-12-14-24(15-13-21)28-17-16-26(2)3/h4-15,18,27H,16-17H2,1-3H3/b25-19+. The van der Waals surface area contributed by atoms with Crippen molar-refractivity contribution in [3.05, 3.63) is 95.6 Å². The summed E-state index contributed by atoms with van der Waals surface area (Å²) in [5, 5.41) is 10.0. The van der Waals surface area contributed by atoms with E-state index in [2.05, 4.69) is 36.1 Å².